The van der Waals surface area contributed by atoms with E-state index in [0.29, 0.717) is 17.3 Å². The predicted molar refractivity (Wildman–Crippen MR) is 112 cm³/mol. The number of aromatic nitrogens is 1. The molecule has 0 saturated heterocycles. The molecule has 1 aliphatic heterocycles. The summed E-state index contributed by atoms with van der Waals surface area (Å²) < 4.78 is 5.50. The van der Waals surface area contributed by atoms with Crippen molar-refractivity contribution in [1.82, 2.24) is 10.5 Å². The molecule has 1 N–H and O–H groups in total. The van der Waals surface area contributed by atoms with Crippen LogP contribution in [0.3, 0.4) is 0 Å². The van der Waals surface area contributed by atoms with Gasteiger partial charge in [-0.25, -0.2) is 0 Å². The molecule has 0 spiro atoms. The number of halogens is 1. The van der Waals surface area contributed by atoms with Crippen LogP contribution in [-0.2, 0) is 4.79 Å². The summed E-state index contributed by atoms with van der Waals surface area (Å²) in [6.45, 7) is 6.46. The van der Waals surface area contributed by atoms with Crippen LogP contribution < -0.4 is 5.32 Å². The Kier molecular flexibility index (Phi) is 5.08. The molecule has 0 unspecified atom stereocenters. The van der Waals surface area contributed by atoms with Crippen LogP contribution in [0.5, 0.6) is 0 Å². The van der Waals surface area contributed by atoms with Crippen molar-refractivity contribution in [1.29, 1.82) is 0 Å². The monoisotopic (exact) mass is 413 g/mol. The molecule has 0 saturated carbocycles. The molecule has 0 bridgehead atoms. The van der Waals surface area contributed by atoms with Crippen molar-refractivity contribution in [2.24, 2.45) is 4.99 Å². The number of carbonyl (C=O) groups excluding carboxylic acids is 1. The van der Waals surface area contributed by atoms with E-state index in [1.54, 1.807) is 11.3 Å². The van der Waals surface area contributed by atoms with Gasteiger partial charge in [-0.2, -0.15) is 0 Å². The zero-order chi connectivity index (χ0) is 19.8. The lowest BCUT2D eigenvalue weighted by Gasteiger charge is -2.11. The highest BCUT2D eigenvalue weighted by atomic mass is 35.5. The third-order valence-corrected chi connectivity index (χ3v) is 6.01. The minimum absolute atomic E-state index is 0.0558. The molecule has 1 atom stereocenters. The van der Waals surface area contributed by atoms with Crippen molar-refractivity contribution in [3.8, 4) is 11.1 Å². The zero-order valence-electron chi connectivity index (χ0n) is 15.9. The Bertz CT molecular complexity index is 1070. The second kappa shape index (κ2) is 7.53. The van der Waals surface area contributed by atoms with Crippen LogP contribution in [0.1, 0.15) is 46.2 Å². The Morgan fingerprint density at radius 3 is 2.75 bits per heavy atom. The summed E-state index contributed by atoms with van der Waals surface area (Å²) in [5, 5.41) is 7.81. The Hall–Kier alpha value is -2.44. The van der Waals surface area contributed by atoms with E-state index in [4.69, 9.17) is 21.1 Å². The second-order valence-corrected chi connectivity index (χ2v) is 8.45. The summed E-state index contributed by atoms with van der Waals surface area (Å²) in [4.78, 5) is 19.6. The number of carbonyl (C=O) groups is 1. The first-order chi connectivity index (χ1) is 13.5. The maximum absolute atomic E-state index is 12.3. The van der Waals surface area contributed by atoms with Crippen LogP contribution in [0.4, 0.5) is 0 Å². The molecule has 7 heteroatoms. The molecule has 3 heterocycles. The van der Waals surface area contributed by atoms with E-state index >= 15 is 0 Å². The van der Waals surface area contributed by atoms with Crippen molar-refractivity contribution >= 4 is 34.6 Å². The normalized spacial score (nSPS) is 15.4. The Labute approximate surface area is 172 Å². The highest BCUT2D eigenvalue weighted by Gasteiger charge is 2.32. The fourth-order valence-electron chi connectivity index (χ4n) is 3.50. The van der Waals surface area contributed by atoms with Crippen molar-refractivity contribution in [2.45, 2.75) is 33.2 Å². The van der Waals surface area contributed by atoms with Crippen molar-refractivity contribution in [3.63, 3.8) is 0 Å². The summed E-state index contributed by atoms with van der Waals surface area (Å²) in [6, 6.07) is 9.37. The third kappa shape index (κ3) is 3.38. The van der Waals surface area contributed by atoms with Gasteiger partial charge in [-0.05, 0) is 39.0 Å². The standard InChI is InChI=1S/C21H20ClN3O2S/c1-4-23-17(26)10-16-20-18(12(3)27-25-20)15-9-11(2)28-21(15)19(24-16)13-5-7-14(22)8-6-13/h5-9,16H,4,10H2,1-3H3,(H,23,26)/t16-/m0/s1. The molecule has 3 aromatic rings. The molecule has 0 fully saturated rings. The van der Waals surface area contributed by atoms with Crippen molar-refractivity contribution in [3.05, 3.63) is 62.1 Å². The predicted octanol–water partition coefficient (Wildman–Crippen LogP) is 5.09. The SMILES string of the molecule is CCNC(=O)C[C@@H]1N=C(c2ccc(Cl)cc2)c2sc(C)cc2-c2c1noc2C. The van der Waals surface area contributed by atoms with Crippen LogP contribution in [-0.4, -0.2) is 23.3 Å². The lowest BCUT2D eigenvalue weighted by Crippen LogP contribution is -2.24. The number of hydrogen-bond acceptors (Lipinski definition) is 5. The van der Waals surface area contributed by atoms with E-state index in [1.165, 1.54) is 4.88 Å². The van der Waals surface area contributed by atoms with Crippen molar-refractivity contribution in [2.75, 3.05) is 6.54 Å². The van der Waals surface area contributed by atoms with E-state index in [1.807, 2.05) is 38.1 Å². The molecule has 0 aliphatic carbocycles. The average molecular weight is 414 g/mol. The van der Waals surface area contributed by atoms with E-state index in [9.17, 15) is 4.79 Å². The smallest absolute Gasteiger partial charge is 0.222 e. The lowest BCUT2D eigenvalue weighted by molar-refractivity contribution is -0.121. The minimum Gasteiger partial charge on any atom is -0.361 e. The molecule has 1 aliphatic rings. The number of nitrogens with zero attached hydrogens (tertiary/aromatic N) is 2. The van der Waals surface area contributed by atoms with Gasteiger partial charge in [-0.15, -0.1) is 11.3 Å². The van der Waals surface area contributed by atoms with Gasteiger partial charge in [0.25, 0.3) is 0 Å². The van der Waals surface area contributed by atoms with Gasteiger partial charge >= 0.3 is 0 Å². The number of amides is 1. The van der Waals surface area contributed by atoms with Gasteiger partial charge in [0, 0.05) is 27.6 Å². The first-order valence-corrected chi connectivity index (χ1v) is 10.3. The number of rotatable bonds is 4. The number of benzene rings is 1. The van der Waals surface area contributed by atoms with Gasteiger partial charge < -0.3 is 9.84 Å². The summed E-state index contributed by atoms with van der Waals surface area (Å²) in [5.41, 5.74) is 4.54. The molecule has 1 aromatic carbocycles. The van der Waals surface area contributed by atoms with Gasteiger partial charge in [0.15, 0.2) is 0 Å². The first-order valence-electron chi connectivity index (χ1n) is 9.15. The van der Waals surface area contributed by atoms with Gasteiger partial charge in [-0.1, -0.05) is 28.9 Å². The van der Waals surface area contributed by atoms with Gasteiger partial charge in [0.1, 0.15) is 17.5 Å². The highest BCUT2D eigenvalue weighted by molar-refractivity contribution is 7.14. The first kappa shape index (κ1) is 18.9. The Balaban J connectivity index is 1.92. The van der Waals surface area contributed by atoms with Crippen LogP contribution in [0.25, 0.3) is 11.1 Å². The third-order valence-electron chi connectivity index (χ3n) is 4.70. The maximum Gasteiger partial charge on any atom is 0.222 e. The molecule has 1 amide bonds. The van der Waals surface area contributed by atoms with Gasteiger partial charge in [-0.3, -0.25) is 9.79 Å². The van der Waals surface area contributed by atoms with Gasteiger partial charge in [0.2, 0.25) is 5.91 Å². The minimum atomic E-state index is -0.412. The summed E-state index contributed by atoms with van der Waals surface area (Å²) in [7, 11) is 0. The van der Waals surface area contributed by atoms with Crippen LogP contribution in [0.15, 0.2) is 39.8 Å². The zero-order valence-corrected chi connectivity index (χ0v) is 17.4. The molecule has 0 radical (unpaired) electrons. The van der Waals surface area contributed by atoms with E-state index < -0.39 is 6.04 Å². The van der Waals surface area contributed by atoms with Crippen LogP contribution in [0, 0.1) is 13.8 Å². The maximum atomic E-state index is 12.3. The largest absolute Gasteiger partial charge is 0.361 e. The summed E-state index contributed by atoms with van der Waals surface area (Å²) in [6.07, 6.45) is 0.220. The molecule has 28 heavy (non-hydrogen) atoms. The highest BCUT2D eigenvalue weighted by Crippen LogP contribution is 2.43. The number of nitrogens with one attached hydrogen (secondary N) is 1. The van der Waals surface area contributed by atoms with Crippen LogP contribution in [0.2, 0.25) is 5.02 Å². The molecular weight excluding hydrogens is 394 g/mol. The molecular formula is C21H20ClN3O2S. The summed E-state index contributed by atoms with van der Waals surface area (Å²) >= 11 is 7.77. The number of hydrogen-bond donors (Lipinski definition) is 1. The van der Waals surface area contributed by atoms with Gasteiger partial charge in [0.05, 0.1) is 22.6 Å². The fourth-order valence-corrected chi connectivity index (χ4v) is 4.66. The number of aryl methyl sites for hydroxylation is 2. The topological polar surface area (TPSA) is 67.5 Å². The quantitative estimate of drug-likeness (QED) is 0.647. The fraction of sp³-hybridized carbons (Fsp3) is 0.286. The lowest BCUT2D eigenvalue weighted by atomic mass is 9.98. The average Bonchev–Trinajstić information content (AvgIpc) is 3.19. The number of fused-ring (bicyclic) bond motifs is 3. The van der Waals surface area contributed by atoms with Crippen LogP contribution >= 0.6 is 22.9 Å². The summed E-state index contributed by atoms with van der Waals surface area (Å²) in [5.74, 6) is 0.683. The number of thiophene rings is 1. The second-order valence-electron chi connectivity index (χ2n) is 6.76. The van der Waals surface area contributed by atoms with E-state index in [2.05, 4.69) is 23.5 Å². The van der Waals surface area contributed by atoms with E-state index in [0.717, 1.165) is 33.0 Å². The number of aliphatic imine (C=N–C) groups is 1. The Morgan fingerprint density at radius 2 is 2.04 bits per heavy atom. The molecule has 2 aromatic heterocycles. The van der Waals surface area contributed by atoms with E-state index in [-0.39, 0.29) is 12.3 Å². The molecule has 144 valence electrons. The molecule has 4 rings (SSSR count). The Morgan fingerprint density at radius 1 is 1.29 bits per heavy atom. The molecule has 5 nitrogen and oxygen atoms in total. The van der Waals surface area contributed by atoms with Crippen molar-refractivity contribution < 1.29 is 9.32 Å².